The average Bonchev–Trinajstić information content (AvgIpc) is 3.30. The van der Waals surface area contributed by atoms with Gasteiger partial charge in [-0.05, 0) is 30.7 Å². The van der Waals surface area contributed by atoms with E-state index in [1.165, 1.54) is 6.26 Å². The zero-order valence-electron chi connectivity index (χ0n) is 13.9. The molecule has 0 saturated heterocycles. The van der Waals surface area contributed by atoms with Gasteiger partial charge in [0, 0.05) is 5.56 Å². The highest BCUT2D eigenvalue weighted by Crippen LogP contribution is 2.25. The van der Waals surface area contributed by atoms with Gasteiger partial charge in [-0.3, -0.25) is 10.1 Å². The number of imide groups is 1. The maximum atomic E-state index is 11.8. The van der Waals surface area contributed by atoms with Crippen LogP contribution in [0.15, 0.2) is 56.7 Å². The van der Waals surface area contributed by atoms with Crippen molar-refractivity contribution in [2.45, 2.75) is 18.7 Å². The van der Waals surface area contributed by atoms with Crippen LogP contribution in [0, 0.1) is 6.92 Å². The second kappa shape index (κ2) is 8.34. The highest BCUT2D eigenvalue weighted by atomic mass is 32.2. The van der Waals surface area contributed by atoms with E-state index in [0.29, 0.717) is 11.7 Å². The molecule has 0 fully saturated rings. The topological polar surface area (TPSA) is 110 Å². The van der Waals surface area contributed by atoms with E-state index in [1.807, 2.05) is 31.2 Å². The fourth-order valence-corrected chi connectivity index (χ4v) is 2.67. The van der Waals surface area contributed by atoms with Gasteiger partial charge < -0.3 is 14.2 Å². The Kier molecular flexibility index (Phi) is 5.69. The number of aryl methyl sites for hydroxylation is 1. The minimum absolute atomic E-state index is 0.0242. The molecule has 0 bridgehead atoms. The first-order chi connectivity index (χ1) is 12.6. The van der Waals surface area contributed by atoms with Crippen molar-refractivity contribution in [3.8, 4) is 11.5 Å². The number of rotatable bonds is 6. The first-order valence-electron chi connectivity index (χ1n) is 7.74. The van der Waals surface area contributed by atoms with E-state index in [9.17, 15) is 9.59 Å². The maximum Gasteiger partial charge on any atom is 0.321 e. The van der Waals surface area contributed by atoms with Gasteiger partial charge >= 0.3 is 6.03 Å². The van der Waals surface area contributed by atoms with Crippen LogP contribution in [-0.4, -0.2) is 27.9 Å². The van der Waals surface area contributed by atoms with E-state index in [-0.39, 0.29) is 17.5 Å². The molecular formula is C17H16N4O4S. The van der Waals surface area contributed by atoms with Crippen molar-refractivity contribution in [2.24, 2.45) is 0 Å². The molecule has 26 heavy (non-hydrogen) atoms. The molecule has 0 spiro atoms. The third kappa shape index (κ3) is 4.73. The summed E-state index contributed by atoms with van der Waals surface area (Å²) in [5.41, 5.74) is 1.85. The molecule has 0 radical (unpaired) electrons. The Morgan fingerprint density at radius 3 is 2.77 bits per heavy atom. The molecule has 2 aromatic heterocycles. The van der Waals surface area contributed by atoms with Gasteiger partial charge in [0.2, 0.25) is 11.8 Å². The molecule has 9 heteroatoms. The van der Waals surface area contributed by atoms with Crippen LogP contribution in [0.4, 0.5) is 4.79 Å². The van der Waals surface area contributed by atoms with Gasteiger partial charge in [-0.1, -0.05) is 30.0 Å². The third-order valence-electron chi connectivity index (χ3n) is 3.36. The minimum atomic E-state index is -0.599. The van der Waals surface area contributed by atoms with Crippen LogP contribution in [0.1, 0.15) is 11.3 Å². The van der Waals surface area contributed by atoms with E-state index in [0.717, 1.165) is 22.9 Å². The highest BCUT2D eigenvalue weighted by molar-refractivity contribution is 7.99. The van der Waals surface area contributed by atoms with Crippen LogP contribution in [0.5, 0.6) is 0 Å². The van der Waals surface area contributed by atoms with Crippen LogP contribution in [0.2, 0.25) is 0 Å². The van der Waals surface area contributed by atoms with Crippen molar-refractivity contribution in [2.75, 3.05) is 5.75 Å². The van der Waals surface area contributed by atoms with Crippen molar-refractivity contribution in [3.05, 3.63) is 54.0 Å². The van der Waals surface area contributed by atoms with Crippen LogP contribution >= 0.6 is 11.8 Å². The standard InChI is InChI=1S/C17H16N4O4S/c1-11-5-2-3-7-13(11)15-20-21-17(25-15)26-10-14(22)19-16(23)18-9-12-6-4-8-24-12/h2-8H,9-10H2,1H3,(H2,18,19,22,23). The summed E-state index contributed by atoms with van der Waals surface area (Å²) in [5, 5.41) is 12.9. The first kappa shape index (κ1) is 17.7. The smallest absolute Gasteiger partial charge is 0.321 e. The lowest BCUT2D eigenvalue weighted by Crippen LogP contribution is -2.39. The molecule has 3 rings (SSSR count). The number of thioether (sulfide) groups is 1. The number of hydrogen-bond donors (Lipinski definition) is 2. The summed E-state index contributed by atoms with van der Waals surface area (Å²) in [6.45, 7) is 2.14. The molecule has 1 aromatic carbocycles. The van der Waals surface area contributed by atoms with E-state index in [2.05, 4.69) is 20.8 Å². The van der Waals surface area contributed by atoms with Gasteiger partial charge in [0.15, 0.2) is 0 Å². The number of carbonyl (C=O) groups excluding carboxylic acids is 2. The molecule has 8 nitrogen and oxygen atoms in total. The molecule has 0 aliphatic heterocycles. The zero-order chi connectivity index (χ0) is 18.4. The molecule has 2 N–H and O–H groups in total. The number of hydrogen-bond acceptors (Lipinski definition) is 7. The zero-order valence-corrected chi connectivity index (χ0v) is 14.7. The summed E-state index contributed by atoms with van der Waals surface area (Å²) in [5.74, 6) is 0.491. The molecule has 0 aliphatic rings. The fourth-order valence-electron chi connectivity index (χ4n) is 2.10. The van der Waals surface area contributed by atoms with Crippen molar-refractivity contribution in [1.82, 2.24) is 20.8 Å². The molecule has 0 aliphatic carbocycles. The quantitative estimate of drug-likeness (QED) is 0.640. The van der Waals surface area contributed by atoms with Crippen molar-refractivity contribution in [1.29, 1.82) is 0 Å². The SMILES string of the molecule is Cc1ccccc1-c1nnc(SCC(=O)NC(=O)NCc2ccco2)o1. The molecule has 0 atom stereocenters. The van der Waals surface area contributed by atoms with Gasteiger partial charge in [-0.25, -0.2) is 4.79 Å². The van der Waals surface area contributed by atoms with Crippen LogP contribution in [0.25, 0.3) is 11.5 Å². The molecule has 2 heterocycles. The van der Waals surface area contributed by atoms with Crippen molar-refractivity contribution >= 4 is 23.7 Å². The number of aromatic nitrogens is 2. The molecular weight excluding hydrogens is 356 g/mol. The van der Waals surface area contributed by atoms with Crippen LogP contribution in [0.3, 0.4) is 0 Å². The molecule has 134 valence electrons. The number of nitrogens with one attached hydrogen (secondary N) is 2. The predicted molar refractivity (Wildman–Crippen MR) is 94.3 cm³/mol. The second-order valence-electron chi connectivity index (χ2n) is 5.29. The van der Waals surface area contributed by atoms with Gasteiger partial charge in [-0.2, -0.15) is 0 Å². The summed E-state index contributed by atoms with van der Waals surface area (Å²) < 4.78 is 10.6. The van der Waals surface area contributed by atoms with Crippen LogP contribution in [-0.2, 0) is 11.3 Å². The number of benzene rings is 1. The monoisotopic (exact) mass is 372 g/mol. The molecule has 0 unspecified atom stereocenters. The number of carbonyl (C=O) groups is 2. The van der Waals surface area contributed by atoms with Gasteiger partial charge in [0.05, 0.1) is 18.6 Å². The fraction of sp³-hybridized carbons (Fsp3) is 0.176. The molecule has 0 saturated carbocycles. The Bertz CT molecular complexity index is 892. The molecule has 3 aromatic rings. The van der Waals surface area contributed by atoms with E-state index < -0.39 is 11.9 Å². The lowest BCUT2D eigenvalue weighted by atomic mass is 10.1. The number of urea groups is 1. The summed E-state index contributed by atoms with van der Waals surface area (Å²) in [6, 6.07) is 10.5. The highest BCUT2D eigenvalue weighted by Gasteiger charge is 2.14. The Hall–Kier alpha value is -3.07. The minimum Gasteiger partial charge on any atom is -0.467 e. The van der Waals surface area contributed by atoms with E-state index >= 15 is 0 Å². The number of amides is 3. The Balaban J connectivity index is 1.46. The van der Waals surface area contributed by atoms with Gasteiger partial charge in [0.1, 0.15) is 5.76 Å². The third-order valence-corrected chi connectivity index (χ3v) is 4.18. The van der Waals surface area contributed by atoms with Crippen LogP contribution < -0.4 is 10.6 Å². The van der Waals surface area contributed by atoms with Crippen molar-refractivity contribution < 1.29 is 18.4 Å². The van der Waals surface area contributed by atoms with Gasteiger partial charge in [-0.15, -0.1) is 10.2 Å². The normalized spacial score (nSPS) is 10.5. The Morgan fingerprint density at radius 2 is 2.00 bits per heavy atom. The summed E-state index contributed by atoms with van der Waals surface area (Å²) in [6.07, 6.45) is 1.51. The van der Waals surface area contributed by atoms with Gasteiger partial charge in [0.25, 0.3) is 5.22 Å². The molecule has 3 amide bonds. The van der Waals surface area contributed by atoms with E-state index in [1.54, 1.807) is 12.1 Å². The number of furan rings is 1. The largest absolute Gasteiger partial charge is 0.467 e. The maximum absolute atomic E-state index is 11.8. The summed E-state index contributed by atoms with van der Waals surface area (Å²) >= 11 is 1.06. The predicted octanol–water partition coefficient (Wildman–Crippen LogP) is 2.76. The van der Waals surface area contributed by atoms with Crippen molar-refractivity contribution in [3.63, 3.8) is 0 Å². The first-order valence-corrected chi connectivity index (χ1v) is 8.73. The van der Waals surface area contributed by atoms with E-state index in [4.69, 9.17) is 8.83 Å². The summed E-state index contributed by atoms with van der Waals surface area (Å²) in [7, 11) is 0. The average molecular weight is 372 g/mol. The lowest BCUT2D eigenvalue weighted by Gasteiger charge is -2.04. The number of nitrogens with zero attached hydrogens (tertiary/aromatic N) is 2. The second-order valence-corrected chi connectivity index (χ2v) is 6.21. The lowest BCUT2D eigenvalue weighted by molar-refractivity contribution is -0.117. The Labute approximate surface area is 153 Å². The summed E-state index contributed by atoms with van der Waals surface area (Å²) in [4.78, 5) is 23.5. The Morgan fingerprint density at radius 1 is 1.15 bits per heavy atom.